The number of fused-ring (bicyclic) bond motifs is 1. The molecule has 0 N–H and O–H groups in total. The second-order valence-corrected chi connectivity index (χ2v) is 6.26. The van der Waals surface area contributed by atoms with Crippen LogP contribution in [0.25, 0.3) is 11.1 Å². The maximum atomic E-state index is 13.5. The summed E-state index contributed by atoms with van der Waals surface area (Å²) >= 11 is 0. The first kappa shape index (κ1) is 29.5. The molecule has 0 aliphatic heterocycles. The van der Waals surface area contributed by atoms with Gasteiger partial charge in [0, 0.05) is 0 Å². The molecule has 1 heterocycles. The van der Waals surface area contributed by atoms with Gasteiger partial charge in [0.05, 0.1) is 0 Å². The van der Waals surface area contributed by atoms with Crippen LogP contribution in [0.1, 0.15) is 0 Å². The minimum atomic E-state index is -7.40. The van der Waals surface area contributed by atoms with Gasteiger partial charge in [-0.15, -0.1) is 0 Å². The standard InChI is InChI=1S/C15H6F15NO5/c16-9(17,5-32-8-31-6-3-1-2-4-7(6)33-8)34-12(23,24)13(25,26)36-15(29,30)14(27,28)35-11(21,22)10(18,19)20/h1-4H,5H2. The SMILES string of the molecule is FC(F)(COc1nc2ccccc2o1)OC(F)(F)C(F)(F)OC(F)(F)C(F)(F)OC(F)(F)C(F)(F)F. The van der Waals surface area contributed by atoms with Gasteiger partial charge in [0.2, 0.25) is 0 Å². The van der Waals surface area contributed by atoms with Gasteiger partial charge in [-0.3, -0.25) is 0 Å². The number of rotatable bonds is 11. The van der Waals surface area contributed by atoms with Crippen molar-refractivity contribution in [3.63, 3.8) is 0 Å². The van der Waals surface area contributed by atoms with Crippen LogP contribution in [0.15, 0.2) is 28.7 Å². The van der Waals surface area contributed by atoms with E-state index in [2.05, 4.69) is 14.5 Å². The number of ether oxygens (including phenoxy) is 4. The smallest absolute Gasteiger partial charge is 0.441 e. The van der Waals surface area contributed by atoms with Gasteiger partial charge in [-0.25, -0.2) is 14.2 Å². The van der Waals surface area contributed by atoms with E-state index in [1.807, 2.05) is 0 Å². The second-order valence-electron chi connectivity index (χ2n) is 6.26. The summed E-state index contributed by atoms with van der Waals surface area (Å²) in [7, 11) is 0. The maximum Gasteiger partial charge on any atom is 0.483 e. The van der Waals surface area contributed by atoms with E-state index in [0.29, 0.717) is 0 Å². The Morgan fingerprint density at radius 1 is 0.611 bits per heavy atom. The normalized spacial score (nSPS) is 15.0. The Morgan fingerprint density at radius 2 is 1.06 bits per heavy atom. The Hall–Kier alpha value is -2.68. The van der Waals surface area contributed by atoms with Gasteiger partial charge in [-0.1, -0.05) is 12.1 Å². The minimum absolute atomic E-state index is 0.0246. The topological polar surface area (TPSA) is 63.0 Å². The van der Waals surface area contributed by atoms with Crippen LogP contribution in [0.3, 0.4) is 0 Å². The molecular formula is C15H6F15NO5. The summed E-state index contributed by atoms with van der Waals surface area (Å²) in [6, 6.07) is 5.21. The molecule has 2 rings (SSSR count). The van der Waals surface area contributed by atoms with Gasteiger partial charge in [0.25, 0.3) is 0 Å². The highest BCUT2D eigenvalue weighted by Crippen LogP contribution is 2.50. The highest BCUT2D eigenvalue weighted by Gasteiger charge is 2.76. The lowest BCUT2D eigenvalue weighted by Crippen LogP contribution is -2.59. The molecule has 2 aromatic rings. The molecule has 0 aliphatic rings. The van der Waals surface area contributed by atoms with Crippen molar-refractivity contribution in [2.45, 2.75) is 42.8 Å². The van der Waals surface area contributed by atoms with E-state index in [9.17, 15) is 65.9 Å². The molecule has 0 spiro atoms. The summed E-state index contributed by atoms with van der Waals surface area (Å²) in [6.45, 7) is -2.43. The maximum absolute atomic E-state index is 13.5. The van der Waals surface area contributed by atoms with Crippen molar-refractivity contribution in [3.05, 3.63) is 24.3 Å². The van der Waals surface area contributed by atoms with Gasteiger partial charge >= 0.3 is 48.9 Å². The van der Waals surface area contributed by atoms with E-state index < -0.39 is 55.5 Å². The van der Waals surface area contributed by atoms with Crippen LogP contribution in [-0.2, 0) is 14.2 Å². The Balaban J connectivity index is 2.13. The lowest BCUT2D eigenvalue weighted by Gasteiger charge is -2.34. The van der Waals surface area contributed by atoms with E-state index >= 15 is 0 Å². The van der Waals surface area contributed by atoms with E-state index in [1.54, 1.807) is 4.74 Å². The fourth-order valence-corrected chi connectivity index (χ4v) is 1.89. The summed E-state index contributed by atoms with van der Waals surface area (Å²) in [4.78, 5) is 3.41. The highest BCUT2D eigenvalue weighted by atomic mass is 19.4. The molecule has 0 amide bonds. The molecule has 0 radical (unpaired) electrons. The summed E-state index contributed by atoms with van der Waals surface area (Å²) in [5.41, 5.74) is -0.119. The molecule has 6 nitrogen and oxygen atoms in total. The number of para-hydroxylation sites is 2. The number of oxazole rings is 1. The van der Waals surface area contributed by atoms with Gasteiger partial charge in [0.1, 0.15) is 5.52 Å². The number of benzene rings is 1. The highest BCUT2D eigenvalue weighted by molar-refractivity contribution is 5.72. The molecule has 0 aliphatic carbocycles. The Labute approximate surface area is 186 Å². The van der Waals surface area contributed by atoms with Gasteiger partial charge in [0.15, 0.2) is 12.2 Å². The van der Waals surface area contributed by atoms with E-state index in [4.69, 9.17) is 4.42 Å². The van der Waals surface area contributed by atoms with Crippen LogP contribution in [0.2, 0.25) is 0 Å². The third kappa shape index (κ3) is 6.35. The van der Waals surface area contributed by atoms with Crippen molar-refractivity contribution < 1.29 is 89.2 Å². The molecule has 206 valence electrons. The zero-order chi connectivity index (χ0) is 28.0. The quantitative estimate of drug-likeness (QED) is 0.295. The zero-order valence-electron chi connectivity index (χ0n) is 16.2. The fraction of sp³-hybridized carbons (Fsp3) is 0.533. The monoisotopic (exact) mass is 565 g/mol. The number of halogens is 15. The lowest BCUT2D eigenvalue weighted by molar-refractivity contribution is -0.567. The summed E-state index contributed by atoms with van der Waals surface area (Å²) in [5, 5.41) is 0. The first-order valence-electron chi connectivity index (χ1n) is 8.34. The predicted octanol–water partition coefficient (Wildman–Crippen LogP) is 6.38. The number of hydrogen-bond acceptors (Lipinski definition) is 6. The molecule has 0 saturated heterocycles. The average molecular weight is 565 g/mol. The van der Waals surface area contributed by atoms with Crippen molar-refractivity contribution in [1.29, 1.82) is 0 Å². The van der Waals surface area contributed by atoms with Gasteiger partial charge in [-0.2, -0.15) is 70.8 Å². The molecule has 1 aromatic carbocycles. The van der Waals surface area contributed by atoms with Crippen LogP contribution < -0.4 is 4.74 Å². The number of hydrogen-bond donors (Lipinski definition) is 0. The molecule has 1 aromatic heterocycles. The van der Waals surface area contributed by atoms with Crippen molar-refractivity contribution in [2.75, 3.05) is 6.61 Å². The predicted molar refractivity (Wildman–Crippen MR) is 78.5 cm³/mol. The molecular weight excluding hydrogens is 559 g/mol. The Morgan fingerprint density at radius 3 is 1.53 bits per heavy atom. The van der Waals surface area contributed by atoms with Crippen LogP contribution >= 0.6 is 0 Å². The lowest BCUT2D eigenvalue weighted by atomic mass is 10.3. The molecule has 0 unspecified atom stereocenters. The molecule has 0 saturated carbocycles. The number of aromatic nitrogens is 1. The third-order valence-electron chi connectivity index (χ3n) is 3.44. The van der Waals surface area contributed by atoms with E-state index in [-0.39, 0.29) is 11.1 Å². The van der Waals surface area contributed by atoms with Gasteiger partial charge in [-0.05, 0) is 12.1 Å². The Kier molecular flexibility index (Phi) is 7.40. The minimum Gasteiger partial charge on any atom is -0.441 e. The second kappa shape index (κ2) is 9.01. The largest absolute Gasteiger partial charge is 0.483 e. The molecule has 0 bridgehead atoms. The van der Waals surface area contributed by atoms with Crippen LogP contribution in [-0.4, -0.2) is 54.4 Å². The van der Waals surface area contributed by atoms with E-state index in [0.717, 1.165) is 0 Å². The first-order valence-corrected chi connectivity index (χ1v) is 8.34. The Bertz CT molecular complexity index is 1020. The fourth-order valence-electron chi connectivity index (χ4n) is 1.89. The first-order chi connectivity index (χ1) is 15.9. The van der Waals surface area contributed by atoms with Gasteiger partial charge < -0.3 is 9.15 Å². The summed E-state index contributed by atoms with van der Waals surface area (Å²) in [6.07, 6.45) is -49.8. The summed E-state index contributed by atoms with van der Waals surface area (Å²) in [5.74, 6) is 0. The molecule has 0 fully saturated rings. The van der Waals surface area contributed by atoms with Crippen molar-refractivity contribution in [2.24, 2.45) is 0 Å². The molecule has 21 heteroatoms. The number of alkyl halides is 15. The number of nitrogens with zero attached hydrogens (tertiary/aromatic N) is 1. The zero-order valence-corrected chi connectivity index (χ0v) is 16.2. The third-order valence-corrected chi connectivity index (χ3v) is 3.44. The average Bonchev–Trinajstić information content (AvgIpc) is 3.06. The van der Waals surface area contributed by atoms with Crippen LogP contribution in [0.5, 0.6) is 6.08 Å². The molecule has 0 atom stereocenters. The van der Waals surface area contributed by atoms with Crippen LogP contribution in [0, 0.1) is 0 Å². The van der Waals surface area contributed by atoms with Crippen molar-refractivity contribution in [1.82, 2.24) is 4.98 Å². The van der Waals surface area contributed by atoms with Crippen molar-refractivity contribution in [3.8, 4) is 6.08 Å². The van der Waals surface area contributed by atoms with Crippen LogP contribution in [0.4, 0.5) is 65.9 Å². The summed E-state index contributed by atoms with van der Waals surface area (Å²) < 4.78 is 208. The molecule has 36 heavy (non-hydrogen) atoms. The van der Waals surface area contributed by atoms with Crippen molar-refractivity contribution >= 4 is 11.1 Å². The van der Waals surface area contributed by atoms with E-state index in [1.165, 1.54) is 29.0 Å².